The van der Waals surface area contributed by atoms with E-state index in [1.165, 1.54) is 0 Å². The molecule has 0 amide bonds. The van der Waals surface area contributed by atoms with Gasteiger partial charge < -0.3 is 4.57 Å². The van der Waals surface area contributed by atoms with Crippen LogP contribution in [-0.4, -0.2) is 4.57 Å². The number of fused-ring (bicyclic) bond motifs is 1. The van der Waals surface area contributed by atoms with E-state index < -0.39 is 11.6 Å². The molecule has 0 aliphatic rings. The van der Waals surface area contributed by atoms with E-state index in [1.807, 2.05) is 0 Å². The minimum absolute atomic E-state index is 0.525. The minimum Gasteiger partial charge on any atom is -0.350 e. The normalized spacial score (nSPS) is 10.8. The molecule has 0 saturated heterocycles. The predicted octanol–water partition coefficient (Wildman–Crippen LogP) is 3.19. The van der Waals surface area contributed by atoms with Gasteiger partial charge in [0.05, 0.1) is 5.52 Å². The van der Waals surface area contributed by atoms with E-state index in [0.717, 1.165) is 12.1 Å². The summed E-state index contributed by atoms with van der Waals surface area (Å²) in [6.45, 7) is 0. The Kier molecular flexibility index (Phi) is 2.07. The third-order valence-corrected chi connectivity index (χ3v) is 2.49. The standard InChI is InChI=1S/C10H7F2NS/c1-13-3-2-10(14)6-4-7(11)8(12)5-9(6)13/h2-5H,1H3. The Bertz CT molecular complexity index is 560. The van der Waals surface area contributed by atoms with Crippen molar-refractivity contribution in [3.05, 3.63) is 40.5 Å². The average molecular weight is 211 g/mol. The number of aryl methyl sites for hydroxylation is 1. The number of hydrogen-bond acceptors (Lipinski definition) is 1. The van der Waals surface area contributed by atoms with E-state index in [-0.39, 0.29) is 0 Å². The molecule has 1 nitrogen and oxygen atoms in total. The van der Waals surface area contributed by atoms with Gasteiger partial charge in [0.15, 0.2) is 11.6 Å². The fourth-order valence-corrected chi connectivity index (χ4v) is 1.60. The summed E-state index contributed by atoms with van der Waals surface area (Å²) in [6, 6.07) is 3.97. The summed E-state index contributed by atoms with van der Waals surface area (Å²) in [5.74, 6) is -1.72. The highest BCUT2D eigenvalue weighted by molar-refractivity contribution is 7.71. The molecule has 0 radical (unpaired) electrons. The Morgan fingerprint density at radius 1 is 1.21 bits per heavy atom. The minimum atomic E-state index is -0.866. The van der Waals surface area contributed by atoms with Crippen LogP contribution in [0.5, 0.6) is 0 Å². The molecular weight excluding hydrogens is 204 g/mol. The number of halogens is 2. The molecule has 1 heterocycles. The SMILES string of the molecule is Cn1ccc(=S)c2cc(F)c(F)cc21. The van der Waals surface area contributed by atoms with Crippen LogP contribution in [0.1, 0.15) is 0 Å². The lowest BCUT2D eigenvalue weighted by molar-refractivity contribution is 0.510. The van der Waals surface area contributed by atoms with Crippen molar-refractivity contribution in [3.8, 4) is 0 Å². The van der Waals surface area contributed by atoms with Crippen LogP contribution in [0.15, 0.2) is 24.4 Å². The van der Waals surface area contributed by atoms with Gasteiger partial charge in [0.25, 0.3) is 0 Å². The number of rotatable bonds is 0. The molecule has 0 unspecified atom stereocenters. The highest BCUT2D eigenvalue weighted by Crippen LogP contribution is 2.18. The van der Waals surface area contributed by atoms with E-state index >= 15 is 0 Å². The highest BCUT2D eigenvalue weighted by atomic mass is 32.1. The molecule has 0 saturated carbocycles. The molecule has 14 heavy (non-hydrogen) atoms. The van der Waals surface area contributed by atoms with Gasteiger partial charge in [0, 0.05) is 29.2 Å². The Hall–Kier alpha value is -1.29. The zero-order valence-electron chi connectivity index (χ0n) is 7.42. The summed E-state index contributed by atoms with van der Waals surface area (Å²) in [7, 11) is 1.76. The van der Waals surface area contributed by atoms with Crippen LogP contribution < -0.4 is 0 Å². The van der Waals surface area contributed by atoms with Crippen LogP contribution in [0.3, 0.4) is 0 Å². The molecule has 4 heteroatoms. The molecule has 0 spiro atoms. The Balaban J connectivity index is 3.02. The fraction of sp³-hybridized carbons (Fsp3) is 0.100. The lowest BCUT2D eigenvalue weighted by Crippen LogP contribution is -1.95. The first-order chi connectivity index (χ1) is 6.59. The second-order valence-corrected chi connectivity index (χ2v) is 3.51. The predicted molar refractivity (Wildman–Crippen MR) is 53.7 cm³/mol. The smallest absolute Gasteiger partial charge is 0.160 e. The zero-order chi connectivity index (χ0) is 10.3. The summed E-state index contributed by atoms with van der Waals surface area (Å²) in [5.41, 5.74) is 0.594. The molecule has 0 aliphatic carbocycles. The number of nitrogens with zero attached hydrogens (tertiary/aromatic N) is 1. The summed E-state index contributed by atoms with van der Waals surface area (Å²) >= 11 is 5.01. The van der Waals surface area contributed by atoms with E-state index in [4.69, 9.17) is 12.2 Å². The molecule has 2 aromatic rings. The molecule has 0 aliphatic heterocycles. The van der Waals surface area contributed by atoms with Crippen LogP contribution in [0.2, 0.25) is 0 Å². The van der Waals surface area contributed by atoms with Gasteiger partial charge in [-0.2, -0.15) is 0 Å². The van der Waals surface area contributed by atoms with Gasteiger partial charge in [-0.1, -0.05) is 12.2 Å². The fourth-order valence-electron chi connectivity index (χ4n) is 1.38. The van der Waals surface area contributed by atoms with Crippen molar-refractivity contribution in [2.24, 2.45) is 7.05 Å². The summed E-state index contributed by atoms with van der Waals surface area (Å²) < 4.78 is 28.1. The second-order valence-electron chi connectivity index (χ2n) is 3.07. The van der Waals surface area contributed by atoms with E-state index in [1.54, 1.807) is 23.9 Å². The molecule has 0 N–H and O–H groups in total. The van der Waals surface area contributed by atoms with Crippen LogP contribution in [0, 0.1) is 16.1 Å². The van der Waals surface area contributed by atoms with Crippen molar-refractivity contribution in [1.29, 1.82) is 0 Å². The summed E-state index contributed by atoms with van der Waals surface area (Å²) in [4.78, 5) is 0. The maximum absolute atomic E-state index is 12.9. The quantitative estimate of drug-likeness (QED) is 0.606. The largest absolute Gasteiger partial charge is 0.350 e. The van der Waals surface area contributed by atoms with Crippen LogP contribution in [0.4, 0.5) is 8.78 Å². The van der Waals surface area contributed by atoms with Gasteiger partial charge in [-0.25, -0.2) is 8.78 Å². The number of benzene rings is 1. The molecular formula is C10H7F2NS. The molecule has 2 rings (SSSR count). The zero-order valence-corrected chi connectivity index (χ0v) is 8.24. The van der Waals surface area contributed by atoms with Gasteiger partial charge >= 0.3 is 0 Å². The molecule has 0 bridgehead atoms. The van der Waals surface area contributed by atoms with E-state index in [9.17, 15) is 8.78 Å². The number of pyridine rings is 1. The van der Waals surface area contributed by atoms with Crippen LogP contribution in [-0.2, 0) is 7.05 Å². The first kappa shape index (κ1) is 9.27. The molecule has 1 aromatic heterocycles. The summed E-state index contributed by atoms with van der Waals surface area (Å²) in [5, 5.41) is 0.559. The molecule has 72 valence electrons. The van der Waals surface area contributed by atoms with Gasteiger partial charge in [0.1, 0.15) is 0 Å². The van der Waals surface area contributed by atoms with E-state index in [0.29, 0.717) is 15.4 Å². The molecule has 0 atom stereocenters. The van der Waals surface area contributed by atoms with Gasteiger partial charge in [0.2, 0.25) is 0 Å². The third kappa shape index (κ3) is 1.32. The van der Waals surface area contributed by atoms with Crippen molar-refractivity contribution >= 4 is 23.1 Å². The second kappa shape index (κ2) is 3.13. The number of aromatic nitrogens is 1. The Labute approximate surface area is 84.6 Å². The molecule has 0 fully saturated rings. The lowest BCUT2D eigenvalue weighted by Gasteiger charge is -2.05. The van der Waals surface area contributed by atoms with Crippen LogP contribution in [0.25, 0.3) is 10.9 Å². The Morgan fingerprint density at radius 3 is 2.57 bits per heavy atom. The van der Waals surface area contributed by atoms with Crippen molar-refractivity contribution < 1.29 is 8.78 Å². The topological polar surface area (TPSA) is 4.93 Å². The lowest BCUT2D eigenvalue weighted by atomic mass is 10.2. The first-order valence-corrected chi connectivity index (χ1v) is 4.45. The van der Waals surface area contributed by atoms with Crippen molar-refractivity contribution in [2.75, 3.05) is 0 Å². The molecule has 1 aromatic carbocycles. The maximum atomic E-state index is 12.9. The average Bonchev–Trinajstić information content (AvgIpc) is 2.15. The van der Waals surface area contributed by atoms with Gasteiger partial charge in [-0.05, 0) is 12.1 Å². The third-order valence-electron chi connectivity index (χ3n) is 2.13. The number of hydrogen-bond donors (Lipinski definition) is 0. The maximum Gasteiger partial charge on any atom is 0.160 e. The van der Waals surface area contributed by atoms with Gasteiger partial charge in [-0.3, -0.25) is 0 Å². The highest BCUT2D eigenvalue weighted by Gasteiger charge is 2.05. The van der Waals surface area contributed by atoms with Crippen molar-refractivity contribution in [3.63, 3.8) is 0 Å². The van der Waals surface area contributed by atoms with E-state index in [2.05, 4.69) is 0 Å². The van der Waals surface area contributed by atoms with Crippen LogP contribution >= 0.6 is 12.2 Å². The van der Waals surface area contributed by atoms with Crippen molar-refractivity contribution in [2.45, 2.75) is 0 Å². The Morgan fingerprint density at radius 2 is 1.86 bits per heavy atom. The van der Waals surface area contributed by atoms with Gasteiger partial charge in [-0.15, -0.1) is 0 Å². The first-order valence-electron chi connectivity index (χ1n) is 4.04. The monoisotopic (exact) mass is 211 g/mol. The van der Waals surface area contributed by atoms with Crippen molar-refractivity contribution in [1.82, 2.24) is 4.57 Å². The summed E-state index contributed by atoms with van der Waals surface area (Å²) in [6.07, 6.45) is 1.72.